The van der Waals surface area contributed by atoms with Crippen LogP contribution in [0.3, 0.4) is 0 Å². The van der Waals surface area contributed by atoms with Gasteiger partial charge >= 0.3 is 5.97 Å². The molecule has 2 N–H and O–H groups in total. The van der Waals surface area contributed by atoms with E-state index < -0.39 is 11.8 Å². The summed E-state index contributed by atoms with van der Waals surface area (Å²) in [5.74, 6) is 0.671. The number of anilines is 1. The molecule has 1 fully saturated rings. The predicted molar refractivity (Wildman–Crippen MR) is 73.4 cm³/mol. The molecule has 0 aliphatic carbocycles. The van der Waals surface area contributed by atoms with Crippen LogP contribution in [0.1, 0.15) is 10.4 Å². The van der Waals surface area contributed by atoms with E-state index in [0.717, 1.165) is 43.4 Å². The molecule has 0 amide bonds. The van der Waals surface area contributed by atoms with E-state index >= 15 is 0 Å². The fourth-order valence-electron chi connectivity index (χ4n) is 1.90. The molecule has 1 saturated heterocycles. The minimum atomic E-state index is -1.18. The van der Waals surface area contributed by atoms with Gasteiger partial charge in [-0.3, -0.25) is 4.90 Å². The third-order valence-electron chi connectivity index (χ3n) is 2.91. The van der Waals surface area contributed by atoms with Crippen LogP contribution in [0.2, 0.25) is 0 Å². The number of carboxylic acids is 1. The highest BCUT2D eigenvalue weighted by atomic mass is 32.2. The van der Waals surface area contributed by atoms with Gasteiger partial charge in [0.15, 0.2) is 0 Å². The summed E-state index contributed by atoms with van der Waals surface area (Å²) in [6.07, 6.45) is 1.02. The molecule has 0 spiro atoms. The molecule has 0 saturated carbocycles. The molecule has 1 aromatic heterocycles. The van der Waals surface area contributed by atoms with Crippen molar-refractivity contribution in [2.45, 2.75) is 0 Å². The summed E-state index contributed by atoms with van der Waals surface area (Å²) in [7, 11) is 0. The molecule has 19 heavy (non-hydrogen) atoms. The Morgan fingerprint density at radius 2 is 2.26 bits per heavy atom. The van der Waals surface area contributed by atoms with Gasteiger partial charge in [0.2, 0.25) is 0 Å². The first-order valence-corrected chi connectivity index (χ1v) is 7.25. The highest BCUT2D eigenvalue weighted by molar-refractivity contribution is 7.99. The van der Waals surface area contributed by atoms with Crippen molar-refractivity contribution in [3.8, 4) is 0 Å². The van der Waals surface area contributed by atoms with Crippen LogP contribution in [0.25, 0.3) is 0 Å². The maximum Gasteiger partial charge on any atom is 0.339 e. The first-order valence-electron chi connectivity index (χ1n) is 6.09. The molecule has 1 aromatic rings. The molecule has 2 heterocycles. The molecular formula is C12H16FN3O2S. The lowest BCUT2D eigenvalue weighted by molar-refractivity contribution is 0.0697. The predicted octanol–water partition coefficient (Wildman–Crippen LogP) is 1.38. The van der Waals surface area contributed by atoms with Crippen LogP contribution in [0.15, 0.2) is 12.3 Å². The molecular weight excluding hydrogens is 269 g/mol. The van der Waals surface area contributed by atoms with Crippen LogP contribution in [-0.4, -0.2) is 58.6 Å². The smallest absolute Gasteiger partial charge is 0.339 e. The average Bonchev–Trinajstić information content (AvgIpc) is 2.41. The Hall–Kier alpha value is -1.34. The van der Waals surface area contributed by atoms with Gasteiger partial charge in [-0.05, 0) is 6.07 Å². The highest BCUT2D eigenvalue weighted by Crippen LogP contribution is 2.14. The van der Waals surface area contributed by atoms with Crippen molar-refractivity contribution in [3.05, 3.63) is 23.6 Å². The third kappa shape index (κ3) is 4.07. The third-order valence-corrected chi connectivity index (χ3v) is 3.85. The topological polar surface area (TPSA) is 65.5 Å². The monoisotopic (exact) mass is 285 g/mol. The maximum atomic E-state index is 13.0. The molecule has 2 rings (SSSR count). The number of pyridine rings is 1. The Morgan fingerprint density at radius 3 is 2.95 bits per heavy atom. The Labute approximate surface area is 115 Å². The largest absolute Gasteiger partial charge is 0.478 e. The second-order valence-corrected chi connectivity index (χ2v) is 5.46. The van der Waals surface area contributed by atoms with Gasteiger partial charge in [0.25, 0.3) is 0 Å². The van der Waals surface area contributed by atoms with Gasteiger partial charge in [-0.1, -0.05) is 0 Å². The van der Waals surface area contributed by atoms with Crippen LogP contribution in [-0.2, 0) is 0 Å². The van der Waals surface area contributed by atoms with Gasteiger partial charge in [-0.2, -0.15) is 11.8 Å². The van der Waals surface area contributed by atoms with Gasteiger partial charge in [-0.25, -0.2) is 14.2 Å². The van der Waals surface area contributed by atoms with Crippen molar-refractivity contribution in [1.82, 2.24) is 9.88 Å². The van der Waals surface area contributed by atoms with Crippen LogP contribution < -0.4 is 5.32 Å². The summed E-state index contributed by atoms with van der Waals surface area (Å²) in [5, 5.41) is 11.9. The fraction of sp³-hybridized carbons (Fsp3) is 0.500. The lowest BCUT2D eigenvalue weighted by atomic mass is 10.2. The van der Waals surface area contributed by atoms with Crippen LogP contribution >= 0.6 is 11.8 Å². The number of aromatic carboxylic acids is 1. The van der Waals surface area contributed by atoms with Gasteiger partial charge < -0.3 is 10.4 Å². The number of hydrogen-bond acceptors (Lipinski definition) is 5. The lowest BCUT2D eigenvalue weighted by Crippen LogP contribution is -2.36. The number of rotatable bonds is 5. The molecule has 0 radical (unpaired) electrons. The Bertz CT molecular complexity index is 453. The van der Waals surface area contributed by atoms with Crippen molar-refractivity contribution in [2.75, 3.05) is 43.0 Å². The van der Waals surface area contributed by atoms with E-state index in [1.165, 1.54) is 0 Å². The van der Waals surface area contributed by atoms with E-state index in [0.29, 0.717) is 6.54 Å². The minimum Gasteiger partial charge on any atom is -0.478 e. The number of carboxylic acid groups (broad SMARTS) is 1. The molecule has 104 valence electrons. The van der Waals surface area contributed by atoms with E-state index in [1.807, 2.05) is 11.8 Å². The van der Waals surface area contributed by atoms with Gasteiger partial charge in [0.05, 0.1) is 6.20 Å². The summed E-state index contributed by atoms with van der Waals surface area (Å²) < 4.78 is 13.0. The molecule has 0 bridgehead atoms. The number of carbonyl (C=O) groups is 1. The quantitative estimate of drug-likeness (QED) is 0.852. The normalized spacial score (nSPS) is 16.3. The Balaban J connectivity index is 1.89. The molecule has 5 nitrogen and oxygen atoms in total. The summed E-state index contributed by atoms with van der Waals surface area (Å²) >= 11 is 1.94. The van der Waals surface area contributed by atoms with Crippen molar-refractivity contribution < 1.29 is 14.3 Å². The number of thioether (sulfide) groups is 1. The van der Waals surface area contributed by atoms with Crippen molar-refractivity contribution in [1.29, 1.82) is 0 Å². The van der Waals surface area contributed by atoms with E-state index in [2.05, 4.69) is 15.2 Å². The van der Waals surface area contributed by atoms with E-state index in [4.69, 9.17) is 5.11 Å². The van der Waals surface area contributed by atoms with Gasteiger partial charge in [-0.15, -0.1) is 0 Å². The van der Waals surface area contributed by atoms with Gasteiger partial charge in [0, 0.05) is 37.7 Å². The Kier molecular flexibility index (Phi) is 4.98. The molecule has 7 heteroatoms. The fourth-order valence-corrected chi connectivity index (χ4v) is 2.88. The van der Waals surface area contributed by atoms with Crippen molar-refractivity contribution in [2.24, 2.45) is 0 Å². The molecule has 0 atom stereocenters. The maximum absolute atomic E-state index is 13.0. The zero-order valence-corrected chi connectivity index (χ0v) is 11.2. The van der Waals surface area contributed by atoms with E-state index in [9.17, 15) is 9.18 Å². The zero-order valence-electron chi connectivity index (χ0n) is 10.4. The molecule has 0 unspecified atom stereocenters. The van der Waals surface area contributed by atoms with Crippen LogP contribution in [0.5, 0.6) is 0 Å². The second-order valence-electron chi connectivity index (χ2n) is 4.24. The number of halogens is 1. The molecule has 1 aliphatic rings. The minimum absolute atomic E-state index is 0.130. The number of aromatic nitrogens is 1. The number of nitrogens with zero attached hydrogens (tertiary/aromatic N) is 2. The van der Waals surface area contributed by atoms with E-state index in [-0.39, 0.29) is 11.4 Å². The second kappa shape index (κ2) is 6.72. The zero-order chi connectivity index (χ0) is 13.7. The van der Waals surface area contributed by atoms with E-state index in [1.54, 1.807) is 0 Å². The standard InChI is InChI=1S/C12H16FN3O2S/c13-9-7-10(12(17)18)11(15-8-9)14-1-2-16-3-5-19-6-4-16/h7-8H,1-6H2,(H,14,15)(H,17,18). The van der Waals surface area contributed by atoms with Crippen LogP contribution in [0, 0.1) is 5.82 Å². The van der Waals surface area contributed by atoms with Crippen molar-refractivity contribution in [3.63, 3.8) is 0 Å². The average molecular weight is 285 g/mol. The number of nitrogens with one attached hydrogen (secondary N) is 1. The first-order chi connectivity index (χ1) is 9.16. The SMILES string of the molecule is O=C(O)c1cc(F)cnc1NCCN1CCSCC1. The number of hydrogen-bond donors (Lipinski definition) is 2. The van der Waals surface area contributed by atoms with Crippen molar-refractivity contribution >= 4 is 23.5 Å². The van der Waals surface area contributed by atoms with Crippen LogP contribution in [0.4, 0.5) is 10.2 Å². The Morgan fingerprint density at radius 1 is 1.53 bits per heavy atom. The first kappa shape index (κ1) is 14.1. The molecule has 1 aliphatic heterocycles. The summed E-state index contributed by atoms with van der Waals surface area (Å²) in [6.45, 7) is 3.53. The van der Waals surface area contributed by atoms with Gasteiger partial charge in [0.1, 0.15) is 17.2 Å². The summed E-state index contributed by atoms with van der Waals surface area (Å²) in [5.41, 5.74) is -0.130. The molecule has 0 aromatic carbocycles. The summed E-state index contributed by atoms with van der Waals surface area (Å²) in [4.78, 5) is 17.1. The highest BCUT2D eigenvalue weighted by Gasteiger charge is 2.14. The summed E-state index contributed by atoms with van der Waals surface area (Å²) in [6, 6.07) is 0.981. The lowest BCUT2D eigenvalue weighted by Gasteiger charge is -2.26.